The Morgan fingerprint density at radius 3 is 2.95 bits per heavy atom. The molecule has 1 aliphatic rings. The number of nitrogens with one attached hydrogen (secondary N) is 1. The average Bonchev–Trinajstić information content (AvgIpc) is 3.04. The van der Waals surface area contributed by atoms with Crippen LogP contribution in [0.2, 0.25) is 5.02 Å². The third-order valence-electron chi connectivity index (χ3n) is 4.04. The molecule has 1 unspecified atom stereocenters. The van der Waals surface area contributed by atoms with Crippen molar-refractivity contribution in [3.63, 3.8) is 0 Å². The largest absolute Gasteiger partial charge is 0.369 e. The summed E-state index contributed by atoms with van der Waals surface area (Å²) in [5.41, 5.74) is 1.88. The number of likely N-dealkylation sites (N-methyl/N-ethyl adjacent to an activating group) is 1. The maximum absolute atomic E-state index is 11.7. The molecular weight excluding hydrogens is 312 g/mol. The third-order valence-corrected chi connectivity index (χ3v) is 5.61. The van der Waals surface area contributed by atoms with E-state index in [0.29, 0.717) is 11.6 Å². The highest BCUT2D eigenvalue weighted by molar-refractivity contribution is 7.88. The van der Waals surface area contributed by atoms with E-state index in [4.69, 9.17) is 11.6 Å². The molecule has 3 rings (SSSR count). The second kappa shape index (κ2) is 5.15. The van der Waals surface area contributed by atoms with Crippen molar-refractivity contribution in [3.05, 3.63) is 23.4 Å². The summed E-state index contributed by atoms with van der Waals surface area (Å²) in [5, 5.41) is 8.61. The van der Waals surface area contributed by atoms with E-state index in [1.54, 1.807) is 13.2 Å². The Balaban J connectivity index is 1.90. The van der Waals surface area contributed by atoms with Crippen molar-refractivity contribution >= 4 is 38.2 Å². The minimum absolute atomic E-state index is 0.0130. The van der Waals surface area contributed by atoms with Crippen molar-refractivity contribution < 1.29 is 8.42 Å². The molecule has 0 saturated carbocycles. The Labute approximate surface area is 128 Å². The summed E-state index contributed by atoms with van der Waals surface area (Å²) in [7, 11) is -1.54. The van der Waals surface area contributed by atoms with Gasteiger partial charge in [0, 0.05) is 42.3 Å². The third kappa shape index (κ3) is 2.73. The van der Waals surface area contributed by atoms with Crippen molar-refractivity contribution in [2.45, 2.75) is 12.5 Å². The van der Waals surface area contributed by atoms with Gasteiger partial charge in [0.1, 0.15) is 0 Å². The number of benzene rings is 1. The molecule has 1 N–H and O–H groups in total. The lowest BCUT2D eigenvalue weighted by Gasteiger charge is -2.24. The van der Waals surface area contributed by atoms with E-state index < -0.39 is 10.0 Å². The first-order valence-electron chi connectivity index (χ1n) is 6.67. The Bertz CT molecular complexity index is 774. The standard InChI is InChI=1S/C13H17ClN4O2S/c1-17(21(2,19)20)10-3-4-18(8-10)13-6-9(14)5-12-11(13)7-15-16-12/h5-7,10H,3-4,8H2,1-2H3,(H,15,16). The molecular formula is C13H17ClN4O2S. The second-order valence-electron chi connectivity index (χ2n) is 5.42. The number of nitrogens with zero attached hydrogens (tertiary/aromatic N) is 3. The summed E-state index contributed by atoms with van der Waals surface area (Å²) in [6.07, 6.45) is 3.81. The number of halogens is 1. The number of rotatable bonds is 3. The molecule has 1 aliphatic heterocycles. The van der Waals surface area contributed by atoms with E-state index in [-0.39, 0.29) is 6.04 Å². The van der Waals surface area contributed by atoms with Gasteiger partial charge in [-0.05, 0) is 18.6 Å². The quantitative estimate of drug-likeness (QED) is 0.931. The number of anilines is 1. The molecule has 8 heteroatoms. The Hall–Kier alpha value is -1.31. The molecule has 6 nitrogen and oxygen atoms in total. The topological polar surface area (TPSA) is 69.3 Å². The van der Waals surface area contributed by atoms with Gasteiger partial charge in [0.05, 0.1) is 18.0 Å². The lowest BCUT2D eigenvalue weighted by Crippen LogP contribution is -2.38. The fourth-order valence-electron chi connectivity index (χ4n) is 2.79. The van der Waals surface area contributed by atoms with Crippen LogP contribution in [-0.4, -0.2) is 55.4 Å². The van der Waals surface area contributed by atoms with Crippen LogP contribution in [0.1, 0.15) is 6.42 Å². The maximum Gasteiger partial charge on any atom is 0.211 e. The number of aromatic amines is 1. The molecule has 2 aromatic rings. The predicted molar refractivity (Wildman–Crippen MR) is 84.3 cm³/mol. The SMILES string of the molecule is CN(C1CCN(c2cc(Cl)cc3[nH]ncc23)C1)S(C)(=O)=O. The summed E-state index contributed by atoms with van der Waals surface area (Å²) in [4.78, 5) is 2.16. The van der Waals surface area contributed by atoms with Gasteiger partial charge in [0.2, 0.25) is 10.0 Å². The fourth-order valence-corrected chi connectivity index (χ4v) is 3.71. The van der Waals surface area contributed by atoms with Crippen LogP contribution in [-0.2, 0) is 10.0 Å². The predicted octanol–water partition coefficient (Wildman–Crippen LogP) is 1.69. The first-order chi connectivity index (χ1) is 9.86. The molecule has 21 heavy (non-hydrogen) atoms. The monoisotopic (exact) mass is 328 g/mol. The zero-order valence-electron chi connectivity index (χ0n) is 11.9. The van der Waals surface area contributed by atoms with Crippen molar-refractivity contribution in [1.82, 2.24) is 14.5 Å². The van der Waals surface area contributed by atoms with Gasteiger partial charge in [0.15, 0.2) is 0 Å². The number of fused-ring (bicyclic) bond motifs is 1. The zero-order valence-corrected chi connectivity index (χ0v) is 13.4. The molecule has 114 valence electrons. The molecule has 0 spiro atoms. The number of hydrogen-bond donors (Lipinski definition) is 1. The van der Waals surface area contributed by atoms with Crippen molar-refractivity contribution in [2.24, 2.45) is 0 Å². The molecule has 1 aromatic carbocycles. The van der Waals surface area contributed by atoms with Crippen LogP contribution >= 0.6 is 11.6 Å². The van der Waals surface area contributed by atoms with E-state index in [1.165, 1.54) is 10.6 Å². The smallest absolute Gasteiger partial charge is 0.211 e. The van der Waals surface area contributed by atoms with Crippen LogP contribution in [0.3, 0.4) is 0 Å². The minimum atomic E-state index is -3.17. The fraction of sp³-hybridized carbons (Fsp3) is 0.462. The van der Waals surface area contributed by atoms with E-state index in [9.17, 15) is 8.42 Å². The molecule has 2 heterocycles. The Morgan fingerprint density at radius 1 is 1.48 bits per heavy atom. The lowest BCUT2D eigenvalue weighted by atomic mass is 10.2. The average molecular weight is 329 g/mol. The lowest BCUT2D eigenvalue weighted by molar-refractivity contribution is 0.393. The molecule has 1 atom stereocenters. The summed E-state index contributed by atoms with van der Waals surface area (Å²) in [6, 6.07) is 3.73. The normalized spacial score (nSPS) is 19.8. The molecule has 0 aliphatic carbocycles. The zero-order chi connectivity index (χ0) is 15.2. The Kier molecular flexibility index (Phi) is 3.59. The van der Waals surface area contributed by atoms with E-state index in [0.717, 1.165) is 29.6 Å². The van der Waals surface area contributed by atoms with Gasteiger partial charge >= 0.3 is 0 Å². The summed E-state index contributed by atoms with van der Waals surface area (Å²) < 4.78 is 24.8. The highest BCUT2D eigenvalue weighted by Crippen LogP contribution is 2.32. The van der Waals surface area contributed by atoms with Gasteiger partial charge in [-0.15, -0.1) is 0 Å². The highest BCUT2D eigenvalue weighted by atomic mass is 35.5. The highest BCUT2D eigenvalue weighted by Gasteiger charge is 2.31. The number of aromatic nitrogens is 2. The molecule has 0 bridgehead atoms. The van der Waals surface area contributed by atoms with Crippen LogP contribution in [0.5, 0.6) is 0 Å². The van der Waals surface area contributed by atoms with Gasteiger partial charge in [0.25, 0.3) is 0 Å². The van der Waals surface area contributed by atoms with Crippen LogP contribution in [0, 0.1) is 0 Å². The van der Waals surface area contributed by atoms with Crippen LogP contribution in [0.4, 0.5) is 5.69 Å². The summed E-state index contributed by atoms with van der Waals surface area (Å²) >= 11 is 6.15. The first kappa shape index (κ1) is 14.6. The van der Waals surface area contributed by atoms with Gasteiger partial charge in [-0.1, -0.05) is 11.6 Å². The molecule has 0 radical (unpaired) electrons. The minimum Gasteiger partial charge on any atom is -0.369 e. The van der Waals surface area contributed by atoms with Crippen LogP contribution in [0.25, 0.3) is 10.9 Å². The molecule has 1 fully saturated rings. The van der Waals surface area contributed by atoms with Gasteiger partial charge < -0.3 is 4.90 Å². The second-order valence-corrected chi connectivity index (χ2v) is 7.90. The summed E-state index contributed by atoms with van der Waals surface area (Å²) in [6.45, 7) is 1.45. The van der Waals surface area contributed by atoms with Gasteiger partial charge in [-0.25, -0.2) is 12.7 Å². The van der Waals surface area contributed by atoms with Crippen molar-refractivity contribution in [3.8, 4) is 0 Å². The maximum atomic E-state index is 11.7. The van der Waals surface area contributed by atoms with Crippen LogP contribution < -0.4 is 4.90 Å². The first-order valence-corrected chi connectivity index (χ1v) is 8.89. The van der Waals surface area contributed by atoms with Crippen LogP contribution in [0.15, 0.2) is 18.3 Å². The van der Waals surface area contributed by atoms with Gasteiger partial charge in [-0.2, -0.15) is 5.10 Å². The molecule has 1 saturated heterocycles. The molecule has 0 amide bonds. The number of hydrogen-bond acceptors (Lipinski definition) is 4. The van der Waals surface area contributed by atoms with E-state index >= 15 is 0 Å². The Morgan fingerprint density at radius 2 is 2.24 bits per heavy atom. The number of sulfonamides is 1. The van der Waals surface area contributed by atoms with Gasteiger partial charge in [-0.3, -0.25) is 5.10 Å². The van der Waals surface area contributed by atoms with Crippen molar-refractivity contribution in [2.75, 3.05) is 31.3 Å². The summed E-state index contributed by atoms with van der Waals surface area (Å²) in [5.74, 6) is 0. The van der Waals surface area contributed by atoms with E-state index in [2.05, 4.69) is 15.1 Å². The molecule has 1 aromatic heterocycles. The van der Waals surface area contributed by atoms with E-state index in [1.807, 2.05) is 12.1 Å². The van der Waals surface area contributed by atoms with Crippen molar-refractivity contribution in [1.29, 1.82) is 0 Å². The number of H-pyrrole nitrogens is 1.